The number of para-hydroxylation sites is 1. The van der Waals surface area contributed by atoms with Gasteiger partial charge in [-0.15, -0.1) is 0 Å². The second-order valence-corrected chi connectivity index (χ2v) is 5.09. The van der Waals surface area contributed by atoms with Crippen molar-refractivity contribution in [2.24, 2.45) is 0 Å². The lowest BCUT2D eigenvalue weighted by Gasteiger charge is -2.11. The summed E-state index contributed by atoms with van der Waals surface area (Å²) in [5.41, 5.74) is 3.26. The van der Waals surface area contributed by atoms with Gasteiger partial charge >= 0.3 is 0 Å². The molecule has 0 bridgehead atoms. The Hall–Kier alpha value is -1.81. The fraction of sp³-hybridized carbons (Fsp3) is 0.133. The van der Waals surface area contributed by atoms with Gasteiger partial charge in [0.05, 0.1) is 11.3 Å². The smallest absolute Gasteiger partial charge is 0.257 e. The fourth-order valence-electron chi connectivity index (χ4n) is 1.82. The zero-order chi connectivity index (χ0) is 13.8. The van der Waals surface area contributed by atoms with Gasteiger partial charge in [-0.2, -0.15) is 0 Å². The van der Waals surface area contributed by atoms with E-state index in [0.717, 1.165) is 21.4 Å². The van der Waals surface area contributed by atoms with Crippen LogP contribution in [0.25, 0.3) is 0 Å². The normalized spacial score (nSPS) is 10.1. The largest absolute Gasteiger partial charge is 0.387 e. The molecule has 0 fully saturated rings. The molecule has 2 aromatic rings. The van der Waals surface area contributed by atoms with Gasteiger partial charge in [0.2, 0.25) is 0 Å². The maximum absolute atomic E-state index is 12.3. The Kier molecular flexibility index (Phi) is 4.22. The van der Waals surface area contributed by atoms with Crippen LogP contribution < -0.4 is 10.6 Å². The molecule has 1 amide bonds. The summed E-state index contributed by atoms with van der Waals surface area (Å²) in [4.78, 5) is 12.3. The molecule has 0 aliphatic heterocycles. The maximum atomic E-state index is 12.3. The molecule has 0 saturated heterocycles. The Morgan fingerprint density at radius 1 is 1.11 bits per heavy atom. The van der Waals surface area contributed by atoms with Gasteiger partial charge in [0.1, 0.15) is 0 Å². The molecular weight excluding hydrogens is 304 g/mol. The number of halogens is 1. The predicted octanol–water partition coefficient (Wildman–Crippen LogP) is 4.05. The lowest BCUT2D eigenvalue weighted by Crippen LogP contribution is -2.14. The molecule has 3 nitrogen and oxygen atoms in total. The number of rotatable bonds is 3. The van der Waals surface area contributed by atoms with Crippen LogP contribution in [0.15, 0.2) is 46.9 Å². The molecule has 0 aliphatic carbocycles. The lowest BCUT2D eigenvalue weighted by molar-refractivity contribution is 0.102. The Morgan fingerprint density at radius 2 is 1.84 bits per heavy atom. The van der Waals surface area contributed by atoms with E-state index in [9.17, 15) is 4.79 Å². The van der Waals surface area contributed by atoms with Gasteiger partial charge in [0, 0.05) is 17.2 Å². The quantitative estimate of drug-likeness (QED) is 0.896. The first-order chi connectivity index (χ1) is 9.11. The second kappa shape index (κ2) is 5.89. The summed E-state index contributed by atoms with van der Waals surface area (Å²) < 4.78 is 0.863. The molecular formula is C15H15BrN2O. The van der Waals surface area contributed by atoms with E-state index in [1.54, 1.807) is 7.05 Å². The van der Waals surface area contributed by atoms with Crippen LogP contribution in [0, 0.1) is 6.92 Å². The summed E-state index contributed by atoms with van der Waals surface area (Å²) in [6, 6.07) is 13.3. The average molecular weight is 319 g/mol. The molecule has 98 valence electrons. The van der Waals surface area contributed by atoms with Gasteiger partial charge in [-0.3, -0.25) is 4.79 Å². The molecule has 4 heteroatoms. The van der Waals surface area contributed by atoms with Gasteiger partial charge in [-0.25, -0.2) is 0 Å². The summed E-state index contributed by atoms with van der Waals surface area (Å²) >= 11 is 3.42. The molecule has 0 aromatic heterocycles. The predicted molar refractivity (Wildman–Crippen MR) is 82.8 cm³/mol. The van der Waals surface area contributed by atoms with Gasteiger partial charge in [-0.1, -0.05) is 23.8 Å². The summed E-state index contributed by atoms with van der Waals surface area (Å²) in [6.07, 6.45) is 0. The van der Waals surface area contributed by atoms with Crippen molar-refractivity contribution in [1.29, 1.82) is 0 Å². The van der Waals surface area contributed by atoms with Crippen LogP contribution in [0.3, 0.4) is 0 Å². The number of aryl methyl sites for hydroxylation is 1. The Morgan fingerprint density at radius 3 is 2.53 bits per heavy atom. The summed E-state index contributed by atoms with van der Waals surface area (Å²) in [5.74, 6) is -0.125. The number of amides is 1. The van der Waals surface area contributed by atoms with Gasteiger partial charge in [0.25, 0.3) is 5.91 Å². The van der Waals surface area contributed by atoms with Crippen LogP contribution in [0.5, 0.6) is 0 Å². The van der Waals surface area contributed by atoms with E-state index in [0.29, 0.717) is 5.56 Å². The van der Waals surface area contributed by atoms with Crippen LogP contribution in [0.2, 0.25) is 0 Å². The SMILES string of the molecule is CNc1ccc(C)cc1C(=O)Nc1ccccc1Br. The van der Waals surface area contributed by atoms with E-state index < -0.39 is 0 Å². The summed E-state index contributed by atoms with van der Waals surface area (Å²) in [7, 11) is 1.81. The van der Waals surface area contributed by atoms with Crippen LogP contribution in [0.4, 0.5) is 11.4 Å². The van der Waals surface area contributed by atoms with Gasteiger partial charge in [0.15, 0.2) is 0 Å². The van der Waals surface area contributed by atoms with Crippen LogP contribution >= 0.6 is 15.9 Å². The minimum Gasteiger partial charge on any atom is -0.387 e. The summed E-state index contributed by atoms with van der Waals surface area (Å²) in [6.45, 7) is 1.97. The van der Waals surface area contributed by atoms with Crippen molar-refractivity contribution in [1.82, 2.24) is 0 Å². The third-order valence-electron chi connectivity index (χ3n) is 2.81. The van der Waals surface area contributed by atoms with Crippen molar-refractivity contribution < 1.29 is 4.79 Å². The molecule has 2 rings (SSSR count). The molecule has 0 spiro atoms. The van der Waals surface area contributed by atoms with Crippen LogP contribution in [-0.2, 0) is 0 Å². The molecule has 0 unspecified atom stereocenters. The van der Waals surface area contributed by atoms with Crippen molar-refractivity contribution in [3.8, 4) is 0 Å². The maximum Gasteiger partial charge on any atom is 0.257 e. The first-order valence-electron chi connectivity index (χ1n) is 5.96. The van der Waals surface area contributed by atoms with E-state index >= 15 is 0 Å². The standard InChI is InChI=1S/C15H15BrN2O/c1-10-7-8-13(17-2)11(9-10)15(19)18-14-6-4-3-5-12(14)16/h3-9,17H,1-2H3,(H,18,19). The molecule has 0 saturated carbocycles. The molecule has 0 heterocycles. The van der Waals surface area contributed by atoms with E-state index in [2.05, 4.69) is 26.6 Å². The van der Waals surface area contributed by atoms with Crippen molar-refractivity contribution >= 4 is 33.2 Å². The van der Waals surface area contributed by atoms with Gasteiger partial charge in [-0.05, 0) is 47.1 Å². The molecule has 0 radical (unpaired) electrons. The first-order valence-corrected chi connectivity index (χ1v) is 6.75. The van der Waals surface area contributed by atoms with Crippen molar-refractivity contribution in [2.75, 3.05) is 17.7 Å². The molecule has 2 N–H and O–H groups in total. The monoisotopic (exact) mass is 318 g/mol. The van der Waals surface area contributed by atoms with Crippen LogP contribution in [0.1, 0.15) is 15.9 Å². The summed E-state index contributed by atoms with van der Waals surface area (Å²) in [5, 5.41) is 5.93. The molecule has 0 aliphatic rings. The minimum atomic E-state index is -0.125. The Balaban J connectivity index is 2.30. The highest BCUT2D eigenvalue weighted by Gasteiger charge is 2.12. The Labute approximate surface area is 121 Å². The fourth-order valence-corrected chi connectivity index (χ4v) is 2.20. The topological polar surface area (TPSA) is 41.1 Å². The molecule has 19 heavy (non-hydrogen) atoms. The number of carbonyl (C=O) groups excluding carboxylic acids is 1. The minimum absolute atomic E-state index is 0.125. The average Bonchev–Trinajstić information content (AvgIpc) is 2.41. The third-order valence-corrected chi connectivity index (χ3v) is 3.50. The highest BCUT2D eigenvalue weighted by atomic mass is 79.9. The number of nitrogens with one attached hydrogen (secondary N) is 2. The zero-order valence-corrected chi connectivity index (χ0v) is 12.4. The highest BCUT2D eigenvalue weighted by Crippen LogP contribution is 2.24. The number of anilines is 2. The van der Waals surface area contributed by atoms with Gasteiger partial charge < -0.3 is 10.6 Å². The van der Waals surface area contributed by atoms with E-state index in [1.165, 1.54) is 0 Å². The van der Waals surface area contributed by atoms with Crippen molar-refractivity contribution in [2.45, 2.75) is 6.92 Å². The first kappa shape index (κ1) is 13.6. The van der Waals surface area contributed by atoms with Crippen LogP contribution in [-0.4, -0.2) is 13.0 Å². The van der Waals surface area contributed by atoms with E-state index in [4.69, 9.17) is 0 Å². The molecule has 2 aromatic carbocycles. The number of benzene rings is 2. The van der Waals surface area contributed by atoms with E-state index in [-0.39, 0.29) is 5.91 Å². The third kappa shape index (κ3) is 3.15. The van der Waals surface area contributed by atoms with Crippen molar-refractivity contribution in [3.63, 3.8) is 0 Å². The number of hydrogen-bond donors (Lipinski definition) is 2. The number of carbonyl (C=O) groups is 1. The van der Waals surface area contributed by atoms with Crippen molar-refractivity contribution in [3.05, 3.63) is 58.1 Å². The van der Waals surface area contributed by atoms with E-state index in [1.807, 2.05) is 49.4 Å². The number of hydrogen-bond acceptors (Lipinski definition) is 2. The molecule has 0 atom stereocenters. The highest BCUT2D eigenvalue weighted by molar-refractivity contribution is 9.10. The zero-order valence-electron chi connectivity index (χ0n) is 10.8. The lowest BCUT2D eigenvalue weighted by atomic mass is 10.1. The second-order valence-electron chi connectivity index (χ2n) is 4.23. The Bertz CT molecular complexity index is 611.